The standard InChI is InChI=1S/C14H17F2NO3/c1-2-10-9-17(7-8-19-10)13(18)11-5-3-4-6-12(11)20-14(15)16/h3-6,10,14H,2,7-9H2,1H3/t10-/m0/s1. The molecule has 4 nitrogen and oxygen atoms in total. The Morgan fingerprint density at radius 1 is 1.50 bits per heavy atom. The van der Waals surface area contributed by atoms with Gasteiger partial charge in [0.05, 0.1) is 18.3 Å². The van der Waals surface area contributed by atoms with Gasteiger partial charge in [-0.1, -0.05) is 19.1 Å². The monoisotopic (exact) mass is 285 g/mol. The summed E-state index contributed by atoms with van der Waals surface area (Å²) in [5.74, 6) is -0.393. The minimum Gasteiger partial charge on any atom is -0.434 e. The number of rotatable bonds is 4. The lowest BCUT2D eigenvalue weighted by molar-refractivity contribution is -0.0508. The molecule has 0 saturated carbocycles. The summed E-state index contributed by atoms with van der Waals surface area (Å²) in [5.41, 5.74) is 0.157. The van der Waals surface area contributed by atoms with Crippen LogP contribution in [0.5, 0.6) is 5.75 Å². The quantitative estimate of drug-likeness (QED) is 0.853. The maximum absolute atomic E-state index is 12.4. The van der Waals surface area contributed by atoms with E-state index in [1.165, 1.54) is 12.1 Å². The lowest BCUT2D eigenvalue weighted by Crippen LogP contribution is -2.45. The summed E-state index contributed by atoms with van der Waals surface area (Å²) in [6.07, 6.45) is 0.801. The van der Waals surface area contributed by atoms with E-state index in [-0.39, 0.29) is 23.3 Å². The Morgan fingerprint density at radius 2 is 2.25 bits per heavy atom. The van der Waals surface area contributed by atoms with E-state index < -0.39 is 6.61 Å². The molecule has 1 aromatic carbocycles. The first-order chi connectivity index (χ1) is 9.61. The number of alkyl halides is 2. The van der Waals surface area contributed by atoms with Gasteiger partial charge in [-0.15, -0.1) is 0 Å². The Kier molecular flexibility index (Phi) is 4.89. The summed E-state index contributed by atoms with van der Waals surface area (Å²) in [4.78, 5) is 14.0. The summed E-state index contributed by atoms with van der Waals surface area (Å²) in [6.45, 7) is 0.419. The fourth-order valence-electron chi connectivity index (χ4n) is 2.16. The van der Waals surface area contributed by atoms with Crippen LogP contribution >= 0.6 is 0 Å². The van der Waals surface area contributed by atoms with Gasteiger partial charge < -0.3 is 14.4 Å². The average molecular weight is 285 g/mol. The zero-order valence-corrected chi connectivity index (χ0v) is 11.2. The molecule has 1 saturated heterocycles. The molecule has 1 aliphatic rings. The van der Waals surface area contributed by atoms with E-state index in [1.807, 2.05) is 6.92 Å². The van der Waals surface area contributed by atoms with Gasteiger partial charge in [0.2, 0.25) is 0 Å². The third-order valence-corrected chi connectivity index (χ3v) is 3.21. The highest BCUT2D eigenvalue weighted by molar-refractivity contribution is 5.97. The number of halogens is 2. The summed E-state index contributed by atoms with van der Waals surface area (Å²) >= 11 is 0. The number of morpholine rings is 1. The molecule has 0 unspecified atom stereocenters. The summed E-state index contributed by atoms with van der Waals surface area (Å²) in [5, 5.41) is 0. The lowest BCUT2D eigenvalue weighted by Gasteiger charge is -2.32. The van der Waals surface area contributed by atoms with Crippen molar-refractivity contribution in [2.24, 2.45) is 0 Å². The van der Waals surface area contributed by atoms with Crippen LogP contribution in [0.4, 0.5) is 8.78 Å². The van der Waals surface area contributed by atoms with Crippen LogP contribution in [-0.2, 0) is 4.74 Å². The van der Waals surface area contributed by atoms with Gasteiger partial charge in [0, 0.05) is 13.1 Å². The highest BCUT2D eigenvalue weighted by Crippen LogP contribution is 2.23. The van der Waals surface area contributed by atoms with Crippen LogP contribution in [0.25, 0.3) is 0 Å². The molecule has 20 heavy (non-hydrogen) atoms. The summed E-state index contributed by atoms with van der Waals surface area (Å²) in [7, 11) is 0. The second-order valence-corrected chi connectivity index (χ2v) is 4.53. The SMILES string of the molecule is CC[C@H]1CN(C(=O)c2ccccc2OC(F)F)CCO1. The normalized spacial score (nSPS) is 19.2. The van der Waals surface area contributed by atoms with Gasteiger partial charge >= 0.3 is 6.61 Å². The van der Waals surface area contributed by atoms with Crippen LogP contribution in [0.15, 0.2) is 24.3 Å². The van der Waals surface area contributed by atoms with E-state index in [0.29, 0.717) is 19.7 Å². The van der Waals surface area contributed by atoms with E-state index in [1.54, 1.807) is 17.0 Å². The Hall–Kier alpha value is -1.69. The second kappa shape index (κ2) is 6.65. The smallest absolute Gasteiger partial charge is 0.387 e. The number of carbonyl (C=O) groups excluding carboxylic acids is 1. The molecule has 1 aromatic rings. The molecule has 1 amide bonds. The van der Waals surface area contributed by atoms with Crippen molar-refractivity contribution >= 4 is 5.91 Å². The fourth-order valence-corrected chi connectivity index (χ4v) is 2.16. The lowest BCUT2D eigenvalue weighted by atomic mass is 10.1. The second-order valence-electron chi connectivity index (χ2n) is 4.53. The van der Waals surface area contributed by atoms with E-state index in [2.05, 4.69) is 4.74 Å². The van der Waals surface area contributed by atoms with E-state index in [4.69, 9.17) is 4.74 Å². The van der Waals surface area contributed by atoms with E-state index in [0.717, 1.165) is 6.42 Å². The Bertz CT molecular complexity index is 467. The van der Waals surface area contributed by atoms with Gasteiger partial charge in [0.1, 0.15) is 5.75 Å². The number of carbonyl (C=O) groups is 1. The average Bonchev–Trinajstić information content (AvgIpc) is 2.46. The molecule has 1 aliphatic heterocycles. The third kappa shape index (κ3) is 3.45. The fraction of sp³-hybridized carbons (Fsp3) is 0.500. The van der Waals surface area contributed by atoms with Gasteiger partial charge in [-0.3, -0.25) is 4.79 Å². The van der Waals surface area contributed by atoms with E-state index in [9.17, 15) is 13.6 Å². The Balaban J connectivity index is 2.16. The molecule has 0 radical (unpaired) electrons. The molecule has 0 bridgehead atoms. The number of nitrogens with zero attached hydrogens (tertiary/aromatic N) is 1. The van der Waals surface area contributed by atoms with Crippen LogP contribution in [0.3, 0.4) is 0 Å². The first-order valence-electron chi connectivity index (χ1n) is 6.56. The van der Waals surface area contributed by atoms with Crippen LogP contribution < -0.4 is 4.74 Å². The Labute approximate surface area is 116 Å². The van der Waals surface area contributed by atoms with Crippen LogP contribution in [0.2, 0.25) is 0 Å². The van der Waals surface area contributed by atoms with Crippen molar-refractivity contribution in [3.05, 3.63) is 29.8 Å². The van der Waals surface area contributed by atoms with Gasteiger partial charge in [0.25, 0.3) is 5.91 Å². The molecule has 110 valence electrons. The predicted octanol–water partition coefficient (Wildman–Crippen LogP) is 2.54. The van der Waals surface area contributed by atoms with Crippen LogP contribution in [0.1, 0.15) is 23.7 Å². The predicted molar refractivity (Wildman–Crippen MR) is 69.0 cm³/mol. The first kappa shape index (κ1) is 14.7. The number of ether oxygens (including phenoxy) is 2. The Morgan fingerprint density at radius 3 is 2.95 bits per heavy atom. The van der Waals surface area contributed by atoms with Crippen molar-refractivity contribution in [1.82, 2.24) is 4.90 Å². The number of para-hydroxylation sites is 1. The highest BCUT2D eigenvalue weighted by Gasteiger charge is 2.26. The molecular weight excluding hydrogens is 268 g/mol. The summed E-state index contributed by atoms with van der Waals surface area (Å²) < 4.78 is 34.6. The zero-order chi connectivity index (χ0) is 14.5. The molecule has 0 aromatic heterocycles. The topological polar surface area (TPSA) is 38.8 Å². The highest BCUT2D eigenvalue weighted by atomic mass is 19.3. The molecule has 1 heterocycles. The van der Waals surface area contributed by atoms with Gasteiger partial charge in [-0.25, -0.2) is 0 Å². The minimum absolute atomic E-state index is 0.00382. The number of benzene rings is 1. The molecule has 6 heteroatoms. The van der Waals surface area contributed by atoms with Crippen LogP contribution in [-0.4, -0.2) is 43.2 Å². The van der Waals surface area contributed by atoms with Crippen molar-refractivity contribution < 1.29 is 23.0 Å². The van der Waals surface area contributed by atoms with Crippen molar-refractivity contribution in [2.75, 3.05) is 19.7 Å². The largest absolute Gasteiger partial charge is 0.434 e. The van der Waals surface area contributed by atoms with Crippen molar-refractivity contribution in [3.8, 4) is 5.75 Å². The van der Waals surface area contributed by atoms with Gasteiger partial charge in [-0.05, 0) is 18.6 Å². The molecular formula is C14H17F2NO3. The van der Waals surface area contributed by atoms with Crippen molar-refractivity contribution in [1.29, 1.82) is 0 Å². The first-order valence-corrected chi connectivity index (χ1v) is 6.56. The van der Waals surface area contributed by atoms with Crippen LogP contribution in [0, 0.1) is 0 Å². The molecule has 2 rings (SSSR count). The summed E-state index contributed by atoms with van der Waals surface area (Å²) in [6, 6.07) is 6.06. The van der Waals surface area contributed by atoms with Gasteiger partial charge in [0.15, 0.2) is 0 Å². The zero-order valence-electron chi connectivity index (χ0n) is 11.2. The van der Waals surface area contributed by atoms with Crippen molar-refractivity contribution in [3.63, 3.8) is 0 Å². The van der Waals surface area contributed by atoms with E-state index >= 15 is 0 Å². The number of hydrogen-bond donors (Lipinski definition) is 0. The third-order valence-electron chi connectivity index (χ3n) is 3.21. The molecule has 1 atom stereocenters. The minimum atomic E-state index is -2.95. The number of hydrogen-bond acceptors (Lipinski definition) is 3. The van der Waals surface area contributed by atoms with Gasteiger partial charge in [-0.2, -0.15) is 8.78 Å². The van der Waals surface area contributed by atoms with Crippen molar-refractivity contribution in [2.45, 2.75) is 26.1 Å². The number of amides is 1. The molecule has 0 aliphatic carbocycles. The molecule has 1 fully saturated rings. The molecule has 0 N–H and O–H groups in total. The maximum Gasteiger partial charge on any atom is 0.387 e. The molecule has 0 spiro atoms. The maximum atomic E-state index is 12.4.